The van der Waals surface area contributed by atoms with Crippen LogP contribution in [0.1, 0.15) is 58.3 Å². The van der Waals surface area contributed by atoms with Gasteiger partial charge in [-0.15, -0.1) is 0 Å². The van der Waals surface area contributed by atoms with E-state index in [1.54, 1.807) is 0 Å². The van der Waals surface area contributed by atoms with Gasteiger partial charge in [0, 0.05) is 12.0 Å². The van der Waals surface area contributed by atoms with Gasteiger partial charge in [0.1, 0.15) is 0 Å². The Morgan fingerprint density at radius 2 is 2.00 bits per heavy atom. The van der Waals surface area contributed by atoms with Gasteiger partial charge in [-0.1, -0.05) is 32.6 Å². The normalized spacial score (nSPS) is 36.6. The van der Waals surface area contributed by atoms with Crippen molar-refractivity contribution in [1.82, 2.24) is 5.32 Å². The SMILES string of the molecule is CCC1CCCC(NC(=O)C2CCCC2CN)C1. The van der Waals surface area contributed by atoms with Crippen molar-refractivity contribution >= 4 is 5.91 Å². The molecule has 3 heteroatoms. The lowest BCUT2D eigenvalue weighted by Gasteiger charge is -2.30. The highest BCUT2D eigenvalue weighted by molar-refractivity contribution is 5.79. The Hall–Kier alpha value is -0.570. The predicted octanol–water partition coefficient (Wildman–Crippen LogP) is 2.45. The number of hydrogen-bond acceptors (Lipinski definition) is 2. The molecule has 4 unspecified atom stereocenters. The summed E-state index contributed by atoms with van der Waals surface area (Å²) in [6.45, 7) is 2.93. The fourth-order valence-corrected chi connectivity index (χ4v) is 3.77. The summed E-state index contributed by atoms with van der Waals surface area (Å²) in [7, 11) is 0. The van der Waals surface area contributed by atoms with Crippen molar-refractivity contribution in [2.45, 2.75) is 64.3 Å². The summed E-state index contributed by atoms with van der Waals surface area (Å²) in [5.74, 6) is 1.72. The summed E-state index contributed by atoms with van der Waals surface area (Å²) >= 11 is 0. The summed E-state index contributed by atoms with van der Waals surface area (Å²) in [6, 6.07) is 0.426. The molecule has 0 aromatic carbocycles. The maximum absolute atomic E-state index is 12.3. The van der Waals surface area contributed by atoms with Gasteiger partial charge < -0.3 is 11.1 Å². The van der Waals surface area contributed by atoms with E-state index in [0.29, 0.717) is 18.5 Å². The molecule has 2 saturated carbocycles. The van der Waals surface area contributed by atoms with E-state index in [1.807, 2.05) is 0 Å². The fourth-order valence-electron chi connectivity index (χ4n) is 3.77. The molecule has 0 aromatic rings. The fraction of sp³-hybridized carbons (Fsp3) is 0.933. The summed E-state index contributed by atoms with van der Waals surface area (Å²) in [5.41, 5.74) is 5.76. The Labute approximate surface area is 111 Å². The van der Waals surface area contributed by atoms with E-state index in [-0.39, 0.29) is 11.8 Å². The highest BCUT2D eigenvalue weighted by atomic mass is 16.2. The zero-order valence-electron chi connectivity index (χ0n) is 11.7. The van der Waals surface area contributed by atoms with Crippen molar-refractivity contribution in [1.29, 1.82) is 0 Å². The van der Waals surface area contributed by atoms with Gasteiger partial charge in [-0.25, -0.2) is 0 Å². The van der Waals surface area contributed by atoms with Crippen LogP contribution in [0, 0.1) is 17.8 Å². The highest BCUT2D eigenvalue weighted by Crippen LogP contribution is 2.32. The van der Waals surface area contributed by atoms with Crippen LogP contribution in [0.2, 0.25) is 0 Å². The van der Waals surface area contributed by atoms with Crippen molar-refractivity contribution in [2.24, 2.45) is 23.5 Å². The molecule has 18 heavy (non-hydrogen) atoms. The lowest BCUT2D eigenvalue weighted by molar-refractivity contribution is -0.127. The van der Waals surface area contributed by atoms with E-state index in [9.17, 15) is 4.79 Å². The molecule has 0 bridgehead atoms. The van der Waals surface area contributed by atoms with Gasteiger partial charge in [-0.2, -0.15) is 0 Å². The topological polar surface area (TPSA) is 55.1 Å². The molecular formula is C15H28N2O. The highest BCUT2D eigenvalue weighted by Gasteiger charge is 2.33. The molecule has 0 radical (unpaired) electrons. The van der Waals surface area contributed by atoms with Gasteiger partial charge in [0.15, 0.2) is 0 Å². The average molecular weight is 252 g/mol. The number of carbonyl (C=O) groups is 1. The Kier molecular flexibility index (Phi) is 5.04. The lowest BCUT2D eigenvalue weighted by Crippen LogP contribution is -2.43. The number of hydrogen-bond donors (Lipinski definition) is 2. The van der Waals surface area contributed by atoms with Gasteiger partial charge in [-0.3, -0.25) is 4.79 Å². The van der Waals surface area contributed by atoms with Crippen LogP contribution >= 0.6 is 0 Å². The number of nitrogens with one attached hydrogen (secondary N) is 1. The molecule has 1 amide bonds. The Bertz CT molecular complexity index is 280. The van der Waals surface area contributed by atoms with Crippen molar-refractivity contribution in [3.05, 3.63) is 0 Å². The number of rotatable bonds is 4. The van der Waals surface area contributed by atoms with Gasteiger partial charge >= 0.3 is 0 Å². The number of carbonyl (C=O) groups excluding carboxylic acids is 1. The minimum Gasteiger partial charge on any atom is -0.353 e. The van der Waals surface area contributed by atoms with Crippen LogP contribution in [0.4, 0.5) is 0 Å². The minimum atomic E-state index is 0.192. The van der Waals surface area contributed by atoms with Crippen molar-refractivity contribution < 1.29 is 4.79 Å². The standard InChI is InChI=1S/C15H28N2O/c1-2-11-5-3-7-13(9-11)17-15(18)14-8-4-6-12(14)10-16/h11-14H,2-10,16H2,1H3,(H,17,18). The molecule has 0 aliphatic heterocycles. The van der Waals surface area contributed by atoms with Crippen LogP contribution in [-0.2, 0) is 4.79 Å². The second kappa shape index (κ2) is 6.55. The zero-order chi connectivity index (χ0) is 13.0. The van der Waals surface area contributed by atoms with Crippen LogP contribution < -0.4 is 11.1 Å². The maximum atomic E-state index is 12.3. The summed E-state index contributed by atoms with van der Waals surface area (Å²) in [6.07, 6.45) is 9.56. The Morgan fingerprint density at radius 3 is 2.72 bits per heavy atom. The Balaban J connectivity index is 1.83. The number of amides is 1. The second-order valence-corrected chi connectivity index (χ2v) is 6.18. The van der Waals surface area contributed by atoms with Crippen LogP contribution in [-0.4, -0.2) is 18.5 Å². The monoisotopic (exact) mass is 252 g/mol. The van der Waals surface area contributed by atoms with Crippen molar-refractivity contribution in [2.75, 3.05) is 6.54 Å². The molecule has 4 atom stereocenters. The van der Waals surface area contributed by atoms with Crippen molar-refractivity contribution in [3.63, 3.8) is 0 Å². The average Bonchev–Trinajstić information content (AvgIpc) is 2.87. The van der Waals surface area contributed by atoms with Gasteiger partial charge in [0.25, 0.3) is 0 Å². The molecule has 0 spiro atoms. The molecule has 0 heterocycles. The van der Waals surface area contributed by atoms with Crippen LogP contribution in [0.25, 0.3) is 0 Å². The minimum absolute atomic E-state index is 0.192. The van der Waals surface area contributed by atoms with Gasteiger partial charge in [0.05, 0.1) is 0 Å². The summed E-state index contributed by atoms with van der Waals surface area (Å²) in [4.78, 5) is 12.3. The van der Waals surface area contributed by atoms with Crippen LogP contribution in [0.3, 0.4) is 0 Å². The second-order valence-electron chi connectivity index (χ2n) is 6.18. The third kappa shape index (κ3) is 3.25. The largest absolute Gasteiger partial charge is 0.353 e. The third-order valence-corrected chi connectivity index (χ3v) is 5.01. The first kappa shape index (κ1) is 13.9. The summed E-state index contributed by atoms with van der Waals surface area (Å²) in [5, 5.41) is 3.29. The first-order valence-corrected chi connectivity index (χ1v) is 7.75. The third-order valence-electron chi connectivity index (χ3n) is 5.01. The van der Waals surface area contributed by atoms with E-state index in [2.05, 4.69) is 12.2 Å². The smallest absolute Gasteiger partial charge is 0.223 e. The van der Waals surface area contributed by atoms with Crippen LogP contribution in [0.5, 0.6) is 0 Å². The molecule has 2 aliphatic rings. The lowest BCUT2D eigenvalue weighted by atomic mass is 9.83. The molecule has 2 aliphatic carbocycles. The molecule has 0 saturated heterocycles. The number of nitrogens with two attached hydrogens (primary N) is 1. The Morgan fingerprint density at radius 1 is 1.22 bits per heavy atom. The first-order valence-electron chi connectivity index (χ1n) is 7.75. The van der Waals surface area contributed by atoms with Crippen LogP contribution in [0.15, 0.2) is 0 Å². The van der Waals surface area contributed by atoms with Gasteiger partial charge in [0.2, 0.25) is 5.91 Å². The molecular weight excluding hydrogens is 224 g/mol. The molecule has 3 nitrogen and oxygen atoms in total. The van der Waals surface area contributed by atoms with Gasteiger partial charge in [-0.05, 0) is 44.1 Å². The molecule has 0 aromatic heterocycles. The zero-order valence-corrected chi connectivity index (χ0v) is 11.7. The van der Waals surface area contributed by atoms with Crippen molar-refractivity contribution in [3.8, 4) is 0 Å². The van der Waals surface area contributed by atoms with E-state index >= 15 is 0 Å². The first-order chi connectivity index (χ1) is 8.74. The van der Waals surface area contributed by atoms with E-state index in [1.165, 1.54) is 38.5 Å². The molecule has 2 rings (SSSR count). The molecule has 2 fully saturated rings. The van der Waals surface area contributed by atoms with E-state index < -0.39 is 0 Å². The van der Waals surface area contributed by atoms with E-state index in [4.69, 9.17) is 5.73 Å². The van der Waals surface area contributed by atoms with E-state index in [0.717, 1.165) is 18.8 Å². The maximum Gasteiger partial charge on any atom is 0.223 e. The summed E-state index contributed by atoms with van der Waals surface area (Å²) < 4.78 is 0. The molecule has 104 valence electrons. The molecule has 3 N–H and O–H groups in total. The quantitative estimate of drug-likeness (QED) is 0.807. The predicted molar refractivity (Wildman–Crippen MR) is 74.1 cm³/mol.